The van der Waals surface area contributed by atoms with Gasteiger partial charge in [0.1, 0.15) is 0 Å². The lowest BCUT2D eigenvalue weighted by Gasteiger charge is -2.35. The van der Waals surface area contributed by atoms with Gasteiger partial charge in [0.25, 0.3) is 0 Å². The summed E-state index contributed by atoms with van der Waals surface area (Å²) in [6.45, 7) is 5.28. The maximum Gasteiger partial charge on any atom is 0.391 e. The molecule has 112 valence electrons. The van der Waals surface area contributed by atoms with Crippen molar-refractivity contribution in [2.24, 2.45) is 11.8 Å². The normalized spacial score (nSPS) is 24.6. The number of likely N-dealkylation sites (tertiary alicyclic amines) is 1. The molecule has 1 saturated carbocycles. The Bertz CT molecular complexity index is 268. The van der Waals surface area contributed by atoms with Gasteiger partial charge in [0.05, 0.1) is 5.92 Å². The molecule has 0 aromatic heterocycles. The molecule has 1 unspecified atom stereocenters. The maximum atomic E-state index is 12.6. The SMILES string of the molecule is CCCNC(CN1CCC(C(F)(F)F)CC1)C1CC1. The van der Waals surface area contributed by atoms with Crippen LogP contribution in [0.15, 0.2) is 0 Å². The molecule has 5 heteroatoms. The van der Waals surface area contributed by atoms with Gasteiger partial charge in [-0.3, -0.25) is 0 Å². The molecule has 1 N–H and O–H groups in total. The van der Waals surface area contributed by atoms with Crippen molar-refractivity contribution in [3.8, 4) is 0 Å². The Morgan fingerprint density at radius 1 is 1.16 bits per heavy atom. The zero-order valence-corrected chi connectivity index (χ0v) is 11.7. The summed E-state index contributed by atoms with van der Waals surface area (Å²) in [5, 5.41) is 3.56. The van der Waals surface area contributed by atoms with E-state index in [2.05, 4.69) is 17.1 Å². The summed E-state index contributed by atoms with van der Waals surface area (Å²) in [4.78, 5) is 2.22. The number of halogens is 3. The van der Waals surface area contributed by atoms with Gasteiger partial charge in [-0.15, -0.1) is 0 Å². The van der Waals surface area contributed by atoms with Crippen LogP contribution in [0.5, 0.6) is 0 Å². The Morgan fingerprint density at radius 2 is 1.79 bits per heavy atom. The van der Waals surface area contributed by atoms with E-state index in [1.54, 1.807) is 0 Å². The van der Waals surface area contributed by atoms with Crippen LogP contribution in [-0.2, 0) is 0 Å². The quantitative estimate of drug-likeness (QED) is 0.803. The van der Waals surface area contributed by atoms with Gasteiger partial charge in [0.15, 0.2) is 0 Å². The van der Waals surface area contributed by atoms with Crippen molar-refractivity contribution in [3.63, 3.8) is 0 Å². The van der Waals surface area contributed by atoms with E-state index >= 15 is 0 Å². The Labute approximate surface area is 113 Å². The van der Waals surface area contributed by atoms with Gasteiger partial charge in [0.2, 0.25) is 0 Å². The van der Waals surface area contributed by atoms with Crippen LogP contribution >= 0.6 is 0 Å². The van der Waals surface area contributed by atoms with Gasteiger partial charge in [-0.05, 0) is 57.7 Å². The van der Waals surface area contributed by atoms with E-state index in [0.717, 1.165) is 25.4 Å². The zero-order valence-electron chi connectivity index (χ0n) is 11.7. The van der Waals surface area contributed by atoms with Gasteiger partial charge in [0, 0.05) is 12.6 Å². The largest absolute Gasteiger partial charge is 0.391 e. The number of piperidine rings is 1. The first kappa shape index (κ1) is 15.1. The summed E-state index contributed by atoms with van der Waals surface area (Å²) < 4.78 is 37.8. The van der Waals surface area contributed by atoms with Crippen molar-refractivity contribution in [1.29, 1.82) is 0 Å². The van der Waals surface area contributed by atoms with Crippen LogP contribution in [0.3, 0.4) is 0 Å². The van der Waals surface area contributed by atoms with Crippen LogP contribution in [0.2, 0.25) is 0 Å². The number of rotatable bonds is 6. The van der Waals surface area contributed by atoms with Crippen molar-refractivity contribution in [1.82, 2.24) is 10.2 Å². The Morgan fingerprint density at radius 3 is 2.26 bits per heavy atom. The molecule has 19 heavy (non-hydrogen) atoms. The second-order valence-corrected chi connectivity index (χ2v) is 6.01. The van der Waals surface area contributed by atoms with Crippen LogP contribution in [-0.4, -0.2) is 43.3 Å². The fourth-order valence-electron chi connectivity index (χ4n) is 2.93. The molecule has 0 aromatic rings. The van der Waals surface area contributed by atoms with E-state index in [-0.39, 0.29) is 12.8 Å². The first-order valence-electron chi connectivity index (χ1n) is 7.53. The molecule has 2 rings (SSSR count). The third kappa shape index (κ3) is 4.63. The predicted octanol–water partition coefficient (Wildman–Crippen LogP) is 3.04. The van der Waals surface area contributed by atoms with Crippen molar-refractivity contribution in [2.75, 3.05) is 26.2 Å². The minimum absolute atomic E-state index is 0.272. The molecule has 2 fully saturated rings. The smallest absolute Gasteiger partial charge is 0.312 e. The minimum Gasteiger partial charge on any atom is -0.312 e. The number of nitrogens with one attached hydrogen (secondary N) is 1. The first-order chi connectivity index (χ1) is 9.00. The second kappa shape index (κ2) is 6.44. The van der Waals surface area contributed by atoms with E-state index in [4.69, 9.17) is 0 Å². The standard InChI is InChI=1S/C14H25F3N2/c1-2-7-18-13(11-3-4-11)10-19-8-5-12(6-9-19)14(15,16)17/h11-13,18H,2-10H2,1H3. The monoisotopic (exact) mass is 278 g/mol. The molecule has 1 aliphatic heterocycles. The van der Waals surface area contributed by atoms with E-state index in [1.807, 2.05) is 0 Å². The van der Waals surface area contributed by atoms with Crippen molar-refractivity contribution >= 4 is 0 Å². The molecule has 0 spiro atoms. The zero-order chi connectivity index (χ0) is 13.9. The average molecular weight is 278 g/mol. The number of nitrogens with zero attached hydrogens (tertiary/aromatic N) is 1. The molecule has 1 aliphatic carbocycles. The van der Waals surface area contributed by atoms with Gasteiger partial charge in [-0.1, -0.05) is 6.92 Å². The van der Waals surface area contributed by atoms with Crippen LogP contribution < -0.4 is 5.32 Å². The van der Waals surface area contributed by atoms with Crippen molar-refractivity contribution < 1.29 is 13.2 Å². The molecule has 2 nitrogen and oxygen atoms in total. The Kier molecular flexibility index (Phi) is 5.12. The van der Waals surface area contributed by atoms with E-state index in [1.165, 1.54) is 12.8 Å². The molecule has 1 atom stereocenters. The lowest BCUT2D eigenvalue weighted by Crippen LogP contribution is -2.47. The highest BCUT2D eigenvalue weighted by molar-refractivity contribution is 4.89. The molecule has 0 radical (unpaired) electrons. The first-order valence-corrected chi connectivity index (χ1v) is 7.53. The molecule has 1 saturated heterocycles. The van der Waals surface area contributed by atoms with Crippen LogP contribution in [0.1, 0.15) is 39.0 Å². The second-order valence-electron chi connectivity index (χ2n) is 6.01. The highest BCUT2D eigenvalue weighted by Crippen LogP contribution is 2.36. The highest BCUT2D eigenvalue weighted by Gasteiger charge is 2.41. The number of alkyl halides is 3. The Hall–Kier alpha value is -0.290. The summed E-state index contributed by atoms with van der Waals surface area (Å²) in [5.74, 6) is -0.321. The Balaban J connectivity index is 1.74. The van der Waals surface area contributed by atoms with Crippen LogP contribution in [0.4, 0.5) is 13.2 Å². The fraction of sp³-hybridized carbons (Fsp3) is 1.00. The van der Waals surface area contributed by atoms with Crippen LogP contribution in [0.25, 0.3) is 0 Å². The molecule has 2 aliphatic rings. The predicted molar refractivity (Wildman–Crippen MR) is 70.0 cm³/mol. The summed E-state index contributed by atoms with van der Waals surface area (Å²) in [5.41, 5.74) is 0. The maximum absolute atomic E-state index is 12.6. The van der Waals surface area contributed by atoms with Gasteiger partial charge >= 0.3 is 6.18 Å². The van der Waals surface area contributed by atoms with E-state index in [0.29, 0.717) is 19.1 Å². The fourth-order valence-corrected chi connectivity index (χ4v) is 2.93. The highest BCUT2D eigenvalue weighted by atomic mass is 19.4. The molecule has 1 heterocycles. The molecular weight excluding hydrogens is 253 g/mol. The molecule has 0 amide bonds. The average Bonchev–Trinajstić information content (AvgIpc) is 3.18. The summed E-state index contributed by atoms with van der Waals surface area (Å²) in [7, 11) is 0. The minimum atomic E-state index is -4.00. The molecule has 0 aromatic carbocycles. The number of hydrogen-bond donors (Lipinski definition) is 1. The van der Waals surface area contributed by atoms with E-state index < -0.39 is 12.1 Å². The van der Waals surface area contributed by atoms with Crippen molar-refractivity contribution in [2.45, 2.75) is 51.2 Å². The summed E-state index contributed by atoms with van der Waals surface area (Å²) in [6.07, 6.45) is 0.214. The van der Waals surface area contributed by atoms with Crippen molar-refractivity contribution in [3.05, 3.63) is 0 Å². The van der Waals surface area contributed by atoms with Gasteiger partial charge in [-0.2, -0.15) is 13.2 Å². The third-order valence-electron chi connectivity index (χ3n) is 4.35. The van der Waals surface area contributed by atoms with Gasteiger partial charge in [-0.25, -0.2) is 0 Å². The van der Waals surface area contributed by atoms with Gasteiger partial charge < -0.3 is 10.2 Å². The molecule has 0 bridgehead atoms. The van der Waals surface area contributed by atoms with E-state index in [9.17, 15) is 13.2 Å². The summed E-state index contributed by atoms with van der Waals surface area (Å²) >= 11 is 0. The number of hydrogen-bond acceptors (Lipinski definition) is 2. The molecular formula is C14H25F3N2. The summed E-state index contributed by atoms with van der Waals surface area (Å²) in [6, 6.07) is 0.488. The topological polar surface area (TPSA) is 15.3 Å². The lowest BCUT2D eigenvalue weighted by atomic mass is 9.95. The lowest BCUT2D eigenvalue weighted by molar-refractivity contribution is -0.185. The third-order valence-corrected chi connectivity index (χ3v) is 4.35. The van der Waals surface area contributed by atoms with Crippen LogP contribution in [0, 0.1) is 11.8 Å².